The Bertz CT molecular complexity index is 406. The molecule has 1 N–H and O–H groups in total. The number of alkyl halides is 3. The van der Waals surface area contributed by atoms with E-state index in [1.807, 2.05) is 5.10 Å². The van der Waals surface area contributed by atoms with Crippen molar-refractivity contribution in [3.05, 3.63) is 27.7 Å². The Balaban J connectivity index is 2.47. The highest BCUT2D eigenvalue weighted by Crippen LogP contribution is 2.39. The summed E-state index contributed by atoms with van der Waals surface area (Å²) in [5, 5.41) is 5.45. The first-order valence-corrected chi connectivity index (χ1v) is 4.15. The van der Waals surface area contributed by atoms with Gasteiger partial charge in [-0.15, -0.1) is 0 Å². The molecule has 1 aromatic rings. The van der Waals surface area contributed by atoms with Crippen molar-refractivity contribution in [3.8, 4) is 0 Å². The number of nitrogens with zero attached hydrogens (tertiary/aromatic N) is 1. The molecule has 2 rings (SSSR count). The zero-order valence-corrected chi connectivity index (χ0v) is 7.06. The van der Waals surface area contributed by atoms with E-state index in [0.29, 0.717) is 5.69 Å². The number of hydrogen-bond donors (Lipinski definition) is 1. The summed E-state index contributed by atoms with van der Waals surface area (Å²) < 4.78 is 36.8. The molecule has 1 aromatic heterocycles. The van der Waals surface area contributed by atoms with Gasteiger partial charge >= 0.3 is 6.18 Å². The zero-order chi connectivity index (χ0) is 10.3. The first kappa shape index (κ1) is 9.23. The molecule has 0 bridgehead atoms. The van der Waals surface area contributed by atoms with Gasteiger partial charge in [0, 0.05) is 5.92 Å². The number of H-pyrrole nitrogens is 1. The molecule has 0 saturated heterocycles. The van der Waals surface area contributed by atoms with E-state index >= 15 is 0 Å². The Labute approximate surface area is 77.0 Å². The molecule has 1 aliphatic carbocycles. The van der Waals surface area contributed by atoms with Crippen molar-refractivity contribution in [3.63, 3.8) is 0 Å². The smallest absolute Gasteiger partial charge is 0.267 e. The lowest BCUT2D eigenvalue weighted by Crippen LogP contribution is -2.23. The lowest BCUT2D eigenvalue weighted by atomic mass is 10.2. The maximum Gasteiger partial charge on any atom is 0.421 e. The molecular formula is C8H7F3N2O. The molecule has 1 heterocycles. The Kier molecular flexibility index (Phi) is 1.87. The SMILES string of the molecule is O=c1[nH]nc(C2CC2)cc1C(F)(F)F. The van der Waals surface area contributed by atoms with Crippen molar-refractivity contribution in [2.45, 2.75) is 24.9 Å². The highest BCUT2D eigenvalue weighted by molar-refractivity contribution is 5.21. The Morgan fingerprint density at radius 1 is 1.43 bits per heavy atom. The molecule has 1 aliphatic rings. The van der Waals surface area contributed by atoms with E-state index in [2.05, 4.69) is 5.10 Å². The zero-order valence-electron chi connectivity index (χ0n) is 7.06. The normalized spacial score (nSPS) is 17.1. The molecule has 0 amide bonds. The number of rotatable bonds is 1. The Morgan fingerprint density at radius 2 is 2.07 bits per heavy atom. The molecule has 14 heavy (non-hydrogen) atoms. The Hall–Kier alpha value is -1.33. The molecule has 0 aliphatic heterocycles. The predicted molar refractivity (Wildman–Crippen MR) is 41.8 cm³/mol. The van der Waals surface area contributed by atoms with Crippen LogP contribution < -0.4 is 5.56 Å². The summed E-state index contributed by atoms with van der Waals surface area (Å²) in [6, 6.07) is 0.844. The second kappa shape index (κ2) is 2.83. The van der Waals surface area contributed by atoms with Gasteiger partial charge in [0.25, 0.3) is 5.56 Å². The molecule has 6 heteroatoms. The van der Waals surface area contributed by atoms with Crippen LogP contribution in [-0.4, -0.2) is 10.2 Å². The van der Waals surface area contributed by atoms with E-state index in [-0.39, 0.29) is 5.92 Å². The summed E-state index contributed by atoms with van der Waals surface area (Å²) in [7, 11) is 0. The van der Waals surface area contributed by atoms with Crippen LogP contribution in [0, 0.1) is 0 Å². The largest absolute Gasteiger partial charge is 0.421 e. The molecule has 0 atom stereocenters. The minimum absolute atomic E-state index is 0.0907. The number of nitrogens with one attached hydrogen (secondary N) is 1. The van der Waals surface area contributed by atoms with Gasteiger partial charge < -0.3 is 0 Å². The fraction of sp³-hybridized carbons (Fsp3) is 0.500. The quantitative estimate of drug-likeness (QED) is 0.756. The van der Waals surface area contributed by atoms with Crippen LogP contribution in [0.1, 0.15) is 30.0 Å². The summed E-state index contributed by atoms with van der Waals surface area (Å²) in [5.41, 5.74) is -2.01. The fourth-order valence-corrected chi connectivity index (χ4v) is 1.22. The Morgan fingerprint density at radius 3 is 2.57 bits per heavy atom. The molecule has 0 spiro atoms. The van der Waals surface area contributed by atoms with Crippen molar-refractivity contribution in [1.29, 1.82) is 0 Å². The monoisotopic (exact) mass is 204 g/mol. The number of aromatic amines is 1. The molecule has 0 unspecified atom stereocenters. The van der Waals surface area contributed by atoms with E-state index in [9.17, 15) is 18.0 Å². The molecule has 1 fully saturated rings. The van der Waals surface area contributed by atoms with E-state index in [4.69, 9.17) is 0 Å². The third kappa shape index (κ3) is 1.64. The molecule has 76 valence electrons. The van der Waals surface area contributed by atoms with Crippen molar-refractivity contribution in [2.24, 2.45) is 0 Å². The van der Waals surface area contributed by atoms with Gasteiger partial charge in [0.2, 0.25) is 0 Å². The van der Waals surface area contributed by atoms with Gasteiger partial charge in [0.15, 0.2) is 0 Å². The van der Waals surface area contributed by atoms with Crippen LogP contribution in [0.3, 0.4) is 0 Å². The highest BCUT2D eigenvalue weighted by atomic mass is 19.4. The van der Waals surface area contributed by atoms with Crippen LogP contribution in [0.5, 0.6) is 0 Å². The molecule has 3 nitrogen and oxygen atoms in total. The van der Waals surface area contributed by atoms with Crippen LogP contribution in [0.25, 0.3) is 0 Å². The lowest BCUT2D eigenvalue weighted by Gasteiger charge is -2.05. The summed E-state index contributed by atoms with van der Waals surface area (Å²) >= 11 is 0. The molecule has 1 saturated carbocycles. The number of hydrogen-bond acceptors (Lipinski definition) is 2. The topological polar surface area (TPSA) is 45.8 Å². The van der Waals surface area contributed by atoms with Gasteiger partial charge in [-0.3, -0.25) is 4.79 Å². The van der Waals surface area contributed by atoms with Crippen LogP contribution in [0.2, 0.25) is 0 Å². The van der Waals surface area contributed by atoms with Gasteiger partial charge in [-0.05, 0) is 18.9 Å². The third-order valence-corrected chi connectivity index (χ3v) is 2.12. The summed E-state index contributed by atoms with van der Waals surface area (Å²) in [6.07, 6.45) is -2.91. The number of aromatic nitrogens is 2. The van der Waals surface area contributed by atoms with Gasteiger partial charge in [-0.25, -0.2) is 5.10 Å². The van der Waals surface area contributed by atoms with Gasteiger partial charge in [-0.2, -0.15) is 18.3 Å². The first-order chi connectivity index (χ1) is 6.48. The fourth-order valence-electron chi connectivity index (χ4n) is 1.22. The van der Waals surface area contributed by atoms with Crippen molar-refractivity contribution >= 4 is 0 Å². The second-order valence-corrected chi connectivity index (χ2v) is 3.31. The average molecular weight is 204 g/mol. The maximum absolute atomic E-state index is 12.3. The number of halogens is 3. The summed E-state index contributed by atoms with van der Waals surface area (Å²) in [5.74, 6) is 0.0907. The standard InChI is InChI=1S/C8H7F3N2O/c9-8(10,11)5-3-6(4-1-2-4)12-13-7(5)14/h3-4H,1-2H2,(H,13,14). The van der Waals surface area contributed by atoms with E-state index in [1.54, 1.807) is 0 Å². The molecule has 0 radical (unpaired) electrons. The minimum Gasteiger partial charge on any atom is -0.267 e. The van der Waals surface area contributed by atoms with E-state index < -0.39 is 17.3 Å². The highest BCUT2D eigenvalue weighted by Gasteiger charge is 2.36. The van der Waals surface area contributed by atoms with Crippen LogP contribution in [0.15, 0.2) is 10.9 Å². The van der Waals surface area contributed by atoms with Crippen LogP contribution >= 0.6 is 0 Å². The van der Waals surface area contributed by atoms with E-state index in [0.717, 1.165) is 18.9 Å². The predicted octanol–water partition coefficient (Wildman–Crippen LogP) is 1.67. The van der Waals surface area contributed by atoms with Gasteiger partial charge in [0.05, 0.1) is 5.69 Å². The molecule has 0 aromatic carbocycles. The summed E-state index contributed by atoms with van der Waals surface area (Å²) in [4.78, 5) is 10.8. The first-order valence-electron chi connectivity index (χ1n) is 4.15. The van der Waals surface area contributed by atoms with E-state index in [1.165, 1.54) is 0 Å². The molecular weight excluding hydrogens is 197 g/mol. The minimum atomic E-state index is -4.60. The second-order valence-electron chi connectivity index (χ2n) is 3.31. The van der Waals surface area contributed by atoms with Gasteiger partial charge in [-0.1, -0.05) is 0 Å². The van der Waals surface area contributed by atoms with Crippen molar-refractivity contribution in [2.75, 3.05) is 0 Å². The average Bonchev–Trinajstić information content (AvgIpc) is 2.85. The van der Waals surface area contributed by atoms with Crippen LogP contribution in [-0.2, 0) is 6.18 Å². The summed E-state index contributed by atoms with van der Waals surface area (Å²) in [6.45, 7) is 0. The van der Waals surface area contributed by atoms with Crippen molar-refractivity contribution < 1.29 is 13.2 Å². The van der Waals surface area contributed by atoms with Crippen LogP contribution in [0.4, 0.5) is 13.2 Å². The lowest BCUT2D eigenvalue weighted by molar-refractivity contribution is -0.138. The van der Waals surface area contributed by atoms with Gasteiger partial charge in [0.1, 0.15) is 5.56 Å². The maximum atomic E-state index is 12.3. The third-order valence-electron chi connectivity index (χ3n) is 2.12. The van der Waals surface area contributed by atoms with Crippen molar-refractivity contribution in [1.82, 2.24) is 10.2 Å².